The number of aromatic nitrogens is 1. The molecular weight excluding hydrogens is 534 g/mol. The molecule has 3 heterocycles. The quantitative estimate of drug-likeness (QED) is 0.314. The van der Waals surface area contributed by atoms with Crippen molar-refractivity contribution in [2.45, 2.75) is 31.5 Å². The second kappa shape index (κ2) is 11.7. The van der Waals surface area contributed by atoms with Crippen molar-refractivity contribution in [3.05, 3.63) is 96.2 Å². The number of sulfonamides is 1. The lowest BCUT2D eigenvalue weighted by Gasteiger charge is -2.44. The maximum absolute atomic E-state index is 14.2. The lowest BCUT2D eigenvalue weighted by molar-refractivity contribution is -0.125. The van der Waals surface area contributed by atoms with Crippen molar-refractivity contribution >= 4 is 38.1 Å². The minimum absolute atomic E-state index is 0.0653. The van der Waals surface area contributed by atoms with E-state index < -0.39 is 16.1 Å². The topological polar surface area (TPSA) is 88.8 Å². The van der Waals surface area contributed by atoms with Gasteiger partial charge in [0.2, 0.25) is 10.0 Å². The Labute approximate surface area is 242 Å². The van der Waals surface area contributed by atoms with Gasteiger partial charge in [-0.2, -0.15) is 4.31 Å². The van der Waals surface area contributed by atoms with Gasteiger partial charge in [0.25, 0.3) is 0 Å². The second-order valence-electron chi connectivity index (χ2n) is 11.1. The number of hydrogen-bond donors (Lipinski definition) is 2. The molecule has 41 heavy (non-hydrogen) atoms. The lowest BCUT2D eigenvalue weighted by Crippen LogP contribution is -2.60. The van der Waals surface area contributed by atoms with Gasteiger partial charge in [-0.3, -0.25) is 9.69 Å². The van der Waals surface area contributed by atoms with Crippen molar-refractivity contribution in [3.63, 3.8) is 0 Å². The van der Waals surface area contributed by atoms with E-state index in [9.17, 15) is 13.2 Å². The average molecular weight is 572 g/mol. The molecule has 8 nitrogen and oxygen atoms in total. The number of aryl methyl sites for hydroxylation is 1. The highest BCUT2D eigenvalue weighted by molar-refractivity contribution is 7.88. The van der Waals surface area contributed by atoms with Crippen LogP contribution in [-0.2, 0) is 27.8 Å². The first-order valence-electron chi connectivity index (χ1n) is 14.3. The van der Waals surface area contributed by atoms with Crippen LogP contribution in [0.25, 0.3) is 10.9 Å². The SMILES string of the molecule is CS(=O)(=O)N(CC(=O)C(C1CCc2ccccc2N1)N1CCN(c2cccc3[nH]ccc23)CC1)Cc1ccccc1. The maximum atomic E-state index is 14.2. The summed E-state index contributed by atoms with van der Waals surface area (Å²) in [6.07, 6.45) is 4.85. The molecule has 1 saturated heterocycles. The largest absolute Gasteiger partial charge is 0.380 e. The molecule has 2 aliphatic rings. The zero-order valence-corrected chi connectivity index (χ0v) is 24.2. The molecule has 1 fully saturated rings. The number of ketones is 1. The van der Waals surface area contributed by atoms with Gasteiger partial charge in [0, 0.05) is 67.2 Å². The highest BCUT2D eigenvalue weighted by Gasteiger charge is 2.38. The zero-order chi connectivity index (χ0) is 28.4. The number of anilines is 2. The summed E-state index contributed by atoms with van der Waals surface area (Å²) in [4.78, 5) is 22.1. The number of Topliss-reactive ketones (excluding diaryl/α,β-unsaturated/α-hetero) is 1. The van der Waals surface area contributed by atoms with Crippen LogP contribution >= 0.6 is 0 Å². The van der Waals surface area contributed by atoms with Gasteiger partial charge in [-0.1, -0.05) is 54.6 Å². The summed E-state index contributed by atoms with van der Waals surface area (Å²) < 4.78 is 27.0. The second-order valence-corrected chi connectivity index (χ2v) is 13.1. The summed E-state index contributed by atoms with van der Waals surface area (Å²) in [5, 5.41) is 4.85. The first-order chi connectivity index (χ1) is 19.9. The average Bonchev–Trinajstić information content (AvgIpc) is 3.47. The van der Waals surface area contributed by atoms with Crippen molar-refractivity contribution in [2.75, 3.05) is 49.2 Å². The summed E-state index contributed by atoms with van der Waals surface area (Å²) in [5.41, 5.74) is 5.48. The number of para-hydroxylation sites is 1. The Morgan fingerprint density at radius 2 is 1.71 bits per heavy atom. The third-order valence-corrected chi connectivity index (χ3v) is 9.61. The number of nitrogens with one attached hydrogen (secondary N) is 2. The van der Waals surface area contributed by atoms with Gasteiger partial charge < -0.3 is 15.2 Å². The minimum Gasteiger partial charge on any atom is -0.380 e. The smallest absolute Gasteiger partial charge is 0.211 e. The number of piperazine rings is 1. The molecule has 2 N–H and O–H groups in total. The molecule has 214 valence electrons. The van der Waals surface area contributed by atoms with E-state index >= 15 is 0 Å². The summed E-state index contributed by atoms with van der Waals surface area (Å²) in [7, 11) is -3.60. The van der Waals surface area contributed by atoms with Crippen LogP contribution < -0.4 is 10.2 Å². The Morgan fingerprint density at radius 1 is 0.951 bits per heavy atom. The molecule has 4 aromatic rings. The number of H-pyrrole nitrogens is 1. The first-order valence-corrected chi connectivity index (χ1v) is 16.1. The molecule has 2 aliphatic heterocycles. The molecule has 0 amide bonds. The number of rotatable bonds is 9. The molecule has 2 atom stereocenters. The predicted octanol–water partition coefficient (Wildman–Crippen LogP) is 4.12. The van der Waals surface area contributed by atoms with Crippen LogP contribution in [0.3, 0.4) is 0 Å². The molecule has 0 aliphatic carbocycles. The van der Waals surface area contributed by atoms with E-state index in [4.69, 9.17) is 0 Å². The summed E-state index contributed by atoms with van der Waals surface area (Å²) in [5.74, 6) is -0.0653. The van der Waals surface area contributed by atoms with Crippen LogP contribution in [0.15, 0.2) is 85.1 Å². The van der Waals surface area contributed by atoms with Crippen molar-refractivity contribution in [1.82, 2.24) is 14.2 Å². The van der Waals surface area contributed by atoms with Crippen molar-refractivity contribution in [1.29, 1.82) is 0 Å². The molecular formula is C32H37N5O3S. The van der Waals surface area contributed by atoms with Crippen LogP contribution in [0.1, 0.15) is 17.5 Å². The van der Waals surface area contributed by atoms with Gasteiger partial charge >= 0.3 is 0 Å². The fraction of sp³-hybridized carbons (Fsp3) is 0.344. The van der Waals surface area contributed by atoms with Crippen LogP contribution in [0.5, 0.6) is 0 Å². The molecule has 0 saturated carbocycles. The van der Waals surface area contributed by atoms with E-state index in [1.807, 2.05) is 48.7 Å². The summed E-state index contributed by atoms with van der Waals surface area (Å²) in [6.45, 7) is 3.03. The van der Waals surface area contributed by atoms with Gasteiger partial charge in [0.15, 0.2) is 5.78 Å². The Kier molecular flexibility index (Phi) is 7.84. The predicted molar refractivity (Wildman–Crippen MR) is 165 cm³/mol. The fourth-order valence-electron chi connectivity index (χ4n) is 6.31. The first kappa shape index (κ1) is 27.5. The van der Waals surface area contributed by atoms with E-state index in [1.54, 1.807) is 0 Å². The minimum atomic E-state index is -3.60. The number of carbonyl (C=O) groups is 1. The fourth-order valence-corrected chi connectivity index (χ4v) is 7.06. The highest BCUT2D eigenvalue weighted by Crippen LogP contribution is 2.30. The Morgan fingerprint density at radius 3 is 2.49 bits per heavy atom. The standard InChI is InChI=1S/C32H37N5O3S/c1-41(39,40)37(22-24-8-3-2-4-9-24)23-31(38)32(29-15-14-25-10-5-6-11-27(25)34-29)36-20-18-35(19-21-36)30-13-7-12-28-26(30)16-17-33-28/h2-13,16-17,29,32-34H,14-15,18-23H2,1H3. The van der Waals surface area contributed by atoms with E-state index in [2.05, 4.69) is 56.5 Å². The van der Waals surface area contributed by atoms with Gasteiger partial charge in [0.05, 0.1) is 18.8 Å². The van der Waals surface area contributed by atoms with E-state index in [-0.39, 0.29) is 24.9 Å². The van der Waals surface area contributed by atoms with Gasteiger partial charge in [-0.25, -0.2) is 8.42 Å². The summed E-state index contributed by atoms with van der Waals surface area (Å²) >= 11 is 0. The monoisotopic (exact) mass is 571 g/mol. The van der Waals surface area contributed by atoms with Crippen LogP contribution in [0.4, 0.5) is 11.4 Å². The molecule has 9 heteroatoms. The van der Waals surface area contributed by atoms with Gasteiger partial charge in [-0.15, -0.1) is 0 Å². The third-order valence-electron chi connectivity index (χ3n) is 8.42. The van der Waals surface area contributed by atoms with E-state index in [0.29, 0.717) is 13.1 Å². The molecule has 2 unspecified atom stereocenters. The molecule has 1 aromatic heterocycles. The number of carbonyl (C=O) groups excluding carboxylic acids is 1. The normalized spacial score (nSPS) is 18.7. The number of aromatic amines is 1. The molecule has 3 aromatic carbocycles. The zero-order valence-electron chi connectivity index (χ0n) is 23.4. The Balaban J connectivity index is 1.24. The maximum Gasteiger partial charge on any atom is 0.211 e. The number of nitrogens with zero attached hydrogens (tertiary/aromatic N) is 3. The molecule has 0 spiro atoms. The van der Waals surface area contributed by atoms with Crippen LogP contribution in [0, 0.1) is 0 Å². The Hall–Kier alpha value is -3.66. The molecule has 6 rings (SSSR count). The van der Waals surface area contributed by atoms with Crippen LogP contribution in [0.2, 0.25) is 0 Å². The molecule has 0 radical (unpaired) electrons. The van der Waals surface area contributed by atoms with Crippen molar-refractivity contribution in [2.24, 2.45) is 0 Å². The lowest BCUT2D eigenvalue weighted by atomic mass is 9.90. The number of fused-ring (bicyclic) bond motifs is 2. The van der Waals surface area contributed by atoms with Crippen molar-refractivity contribution in [3.8, 4) is 0 Å². The highest BCUT2D eigenvalue weighted by atomic mass is 32.2. The summed E-state index contributed by atoms with van der Waals surface area (Å²) in [6, 6.07) is 25.6. The van der Waals surface area contributed by atoms with Gasteiger partial charge in [-0.05, 0) is 48.2 Å². The van der Waals surface area contributed by atoms with Crippen molar-refractivity contribution < 1.29 is 13.2 Å². The van der Waals surface area contributed by atoms with E-state index in [1.165, 1.54) is 27.2 Å². The third kappa shape index (κ3) is 6.02. The van der Waals surface area contributed by atoms with Crippen LogP contribution in [-0.4, -0.2) is 79.5 Å². The number of hydrogen-bond acceptors (Lipinski definition) is 6. The Bertz CT molecular complexity index is 1610. The molecule has 0 bridgehead atoms. The van der Waals surface area contributed by atoms with E-state index in [0.717, 1.165) is 42.7 Å². The number of benzene rings is 3. The van der Waals surface area contributed by atoms with Gasteiger partial charge in [0.1, 0.15) is 0 Å².